The molecule has 4 rings (SSSR count). The van der Waals surface area contributed by atoms with E-state index in [2.05, 4.69) is 10.6 Å². The number of benzene rings is 2. The number of aliphatic carboxylic acids is 1. The van der Waals surface area contributed by atoms with Gasteiger partial charge in [-0.05, 0) is 49.9 Å². The Hall–Kier alpha value is -2.70. The van der Waals surface area contributed by atoms with Crippen LogP contribution >= 0.6 is 0 Å². The maximum absolute atomic E-state index is 11.9. The number of rotatable bonds is 6. The predicted molar refractivity (Wildman–Crippen MR) is 129 cm³/mol. The molecule has 0 spiro atoms. The molecule has 6 nitrogen and oxygen atoms in total. The van der Waals surface area contributed by atoms with E-state index < -0.39 is 11.9 Å². The van der Waals surface area contributed by atoms with Gasteiger partial charge in [-0.15, -0.1) is 0 Å². The second-order valence-electron chi connectivity index (χ2n) is 8.75. The molecule has 2 aromatic carbocycles. The van der Waals surface area contributed by atoms with Crippen LogP contribution in [0.25, 0.3) is 0 Å². The minimum absolute atomic E-state index is 0.0775. The summed E-state index contributed by atoms with van der Waals surface area (Å²) in [5.74, 6) is -1.47. The molecule has 2 aliphatic rings. The average molecular weight is 453 g/mol. The molecular formula is C27H36N2O4. The fourth-order valence-electron chi connectivity index (χ4n) is 4.85. The molecule has 0 amide bonds. The number of piperidine rings is 2. The van der Waals surface area contributed by atoms with E-state index in [1.807, 2.05) is 60.7 Å². The smallest absolute Gasteiger partial charge is 0.314 e. The van der Waals surface area contributed by atoms with Crippen LogP contribution in [0.1, 0.15) is 61.5 Å². The van der Waals surface area contributed by atoms with Crippen LogP contribution in [0.5, 0.6) is 0 Å². The Morgan fingerprint density at radius 3 is 1.64 bits per heavy atom. The minimum atomic E-state index is -0.731. The lowest BCUT2D eigenvalue weighted by Crippen LogP contribution is -2.42. The normalized spacial score (nSPS) is 22.2. The van der Waals surface area contributed by atoms with Crippen molar-refractivity contribution in [3.05, 3.63) is 71.8 Å². The van der Waals surface area contributed by atoms with Crippen LogP contribution in [0.15, 0.2) is 60.7 Å². The molecule has 0 bridgehead atoms. The Labute approximate surface area is 196 Å². The summed E-state index contributed by atoms with van der Waals surface area (Å²) in [6.45, 7) is 1.92. The van der Waals surface area contributed by atoms with Gasteiger partial charge in [0.2, 0.25) is 0 Å². The molecule has 2 saturated heterocycles. The van der Waals surface area contributed by atoms with Crippen molar-refractivity contribution in [2.75, 3.05) is 20.2 Å². The van der Waals surface area contributed by atoms with Crippen molar-refractivity contribution in [2.45, 2.75) is 62.4 Å². The van der Waals surface area contributed by atoms with E-state index in [0.717, 1.165) is 49.9 Å². The third kappa shape index (κ3) is 7.14. The number of carboxylic acids is 1. The van der Waals surface area contributed by atoms with Crippen molar-refractivity contribution >= 4 is 11.9 Å². The van der Waals surface area contributed by atoms with Crippen LogP contribution in [0.3, 0.4) is 0 Å². The van der Waals surface area contributed by atoms with E-state index in [4.69, 9.17) is 4.74 Å². The van der Waals surface area contributed by atoms with E-state index in [1.165, 1.54) is 20.0 Å². The lowest BCUT2D eigenvalue weighted by atomic mass is 9.86. The highest BCUT2D eigenvalue weighted by atomic mass is 16.5. The summed E-state index contributed by atoms with van der Waals surface area (Å²) in [5, 5.41) is 16.1. The number of carbonyl (C=O) groups excluding carboxylic acids is 1. The zero-order valence-electron chi connectivity index (χ0n) is 19.4. The molecule has 2 heterocycles. The Kier molecular flexibility index (Phi) is 9.91. The van der Waals surface area contributed by atoms with Gasteiger partial charge in [0.15, 0.2) is 0 Å². The SMILES string of the molecule is COC(=O)[C@H](c1ccccc1)[C@H]1CCCCN1.O=C(O)C(c1ccccc1)C1CCCCN1. The summed E-state index contributed by atoms with van der Waals surface area (Å²) < 4.78 is 4.94. The summed E-state index contributed by atoms with van der Waals surface area (Å²) in [6, 6.07) is 19.7. The topological polar surface area (TPSA) is 87.7 Å². The molecule has 0 radical (unpaired) electrons. The summed E-state index contributed by atoms with van der Waals surface area (Å²) >= 11 is 0. The standard InChI is InChI=1S/C14H19NO2.C13H17NO2/c1-17-14(16)13(11-7-3-2-4-8-11)12-9-5-6-10-15-12;15-13(16)12(10-6-2-1-3-7-10)11-8-4-5-9-14-11/h2-4,7-8,12-13,15H,5-6,9-10H2,1H3;1-3,6-7,11-12,14H,4-5,8-9H2,(H,15,16)/t12-,13-;/m1./s1. The number of esters is 1. The van der Waals surface area contributed by atoms with E-state index in [1.54, 1.807) is 0 Å². The van der Waals surface area contributed by atoms with Gasteiger partial charge in [0.05, 0.1) is 18.9 Å². The van der Waals surface area contributed by atoms with Gasteiger partial charge < -0.3 is 20.5 Å². The molecule has 178 valence electrons. The first kappa shape index (κ1) is 24.9. The molecule has 3 N–H and O–H groups in total. The Bertz CT molecular complexity index is 847. The van der Waals surface area contributed by atoms with Crippen molar-refractivity contribution in [3.8, 4) is 0 Å². The van der Waals surface area contributed by atoms with Crippen LogP contribution in [-0.4, -0.2) is 49.3 Å². The summed E-state index contributed by atoms with van der Waals surface area (Å²) in [5.41, 5.74) is 1.94. The summed E-state index contributed by atoms with van der Waals surface area (Å²) in [6.07, 6.45) is 6.63. The molecular weight excluding hydrogens is 416 g/mol. The highest BCUT2D eigenvalue weighted by molar-refractivity contribution is 5.79. The summed E-state index contributed by atoms with van der Waals surface area (Å²) in [4.78, 5) is 23.3. The molecule has 33 heavy (non-hydrogen) atoms. The van der Waals surface area contributed by atoms with Crippen LogP contribution in [-0.2, 0) is 14.3 Å². The maximum atomic E-state index is 11.9. The van der Waals surface area contributed by atoms with E-state index in [0.29, 0.717) is 0 Å². The second-order valence-corrected chi connectivity index (χ2v) is 8.75. The highest BCUT2D eigenvalue weighted by Gasteiger charge is 2.32. The van der Waals surface area contributed by atoms with Crippen LogP contribution < -0.4 is 10.6 Å². The molecule has 0 aromatic heterocycles. The lowest BCUT2D eigenvalue weighted by Gasteiger charge is -2.29. The Morgan fingerprint density at radius 1 is 0.788 bits per heavy atom. The minimum Gasteiger partial charge on any atom is -0.481 e. The van der Waals surface area contributed by atoms with Gasteiger partial charge in [-0.1, -0.05) is 73.5 Å². The maximum Gasteiger partial charge on any atom is 0.314 e. The zero-order valence-corrected chi connectivity index (χ0v) is 19.4. The van der Waals surface area contributed by atoms with E-state index in [-0.39, 0.29) is 24.0 Å². The number of carbonyl (C=O) groups is 2. The first-order valence-electron chi connectivity index (χ1n) is 12.0. The van der Waals surface area contributed by atoms with Crippen molar-refractivity contribution in [2.24, 2.45) is 0 Å². The predicted octanol–water partition coefficient (Wildman–Crippen LogP) is 4.08. The van der Waals surface area contributed by atoms with E-state index >= 15 is 0 Å². The van der Waals surface area contributed by atoms with E-state index in [9.17, 15) is 14.7 Å². The first-order valence-corrected chi connectivity index (χ1v) is 12.0. The van der Waals surface area contributed by atoms with Crippen molar-refractivity contribution < 1.29 is 19.4 Å². The third-order valence-corrected chi connectivity index (χ3v) is 6.54. The number of methoxy groups -OCH3 is 1. The van der Waals surface area contributed by atoms with Gasteiger partial charge in [0.1, 0.15) is 0 Å². The number of hydrogen-bond acceptors (Lipinski definition) is 5. The van der Waals surface area contributed by atoms with Crippen LogP contribution in [0.2, 0.25) is 0 Å². The van der Waals surface area contributed by atoms with Crippen LogP contribution in [0.4, 0.5) is 0 Å². The third-order valence-electron chi connectivity index (χ3n) is 6.54. The Balaban J connectivity index is 0.000000186. The molecule has 4 atom stereocenters. The largest absolute Gasteiger partial charge is 0.481 e. The molecule has 2 fully saturated rings. The monoisotopic (exact) mass is 452 g/mol. The first-order chi connectivity index (χ1) is 16.1. The van der Waals surface area contributed by atoms with Crippen molar-refractivity contribution in [1.29, 1.82) is 0 Å². The number of carboxylic acid groups (broad SMARTS) is 1. The van der Waals surface area contributed by atoms with Crippen molar-refractivity contribution in [3.63, 3.8) is 0 Å². The van der Waals surface area contributed by atoms with Gasteiger partial charge in [0, 0.05) is 12.1 Å². The molecule has 0 saturated carbocycles. The molecule has 2 unspecified atom stereocenters. The lowest BCUT2D eigenvalue weighted by molar-refractivity contribution is -0.143. The van der Waals surface area contributed by atoms with Gasteiger partial charge in [0.25, 0.3) is 0 Å². The highest BCUT2D eigenvalue weighted by Crippen LogP contribution is 2.27. The molecule has 2 aromatic rings. The number of hydrogen-bond donors (Lipinski definition) is 3. The quantitative estimate of drug-likeness (QED) is 0.573. The van der Waals surface area contributed by atoms with Gasteiger partial charge in [-0.3, -0.25) is 9.59 Å². The van der Waals surface area contributed by atoms with Gasteiger partial charge in [-0.2, -0.15) is 0 Å². The summed E-state index contributed by atoms with van der Waals surface area (Å²) in [7, 11) is 1.46. The molecule has 6 heteroatoms. The fraction of sp³-hybridized carbons (Fsp3) is 0.481. The Morgan fingerprint density at radius 2 is 1.24 bits per heavy atom. The number of nitrogens with one attached hydrogen (secondary N) is 2. The molecule has 2 aliphatic heterocycles. The number of ether oxygens (including phenoxy) is 1. The second kappa shape index (κ2) is 13.1. The fourth-order valence-corrected chi connectivity index (χ4v) is 4.85. The van der Waals surface area contributed by atoms with Gasteiger partial charge in [-0.25, -0.2) is 0 Å². The van der Waals surface area contributed by atoms with Crippen LogP contribution in [0, 0.1) is 0 Å². The average Bonchev–Trinajstić information content (AvgIpc) is 2.87. The van der Waals surface area contributed by atoms with Gasteiger partial charge >= 0.3 is 11.9 Å². The van der Waals surface area contributed by atoms with Crippen molar-refractivity contribution in [1.82, 2.24) is 10.6 Å². The molecule has 0 aliphatic carbocycles. The zero-order chi connectivity index (χ0) is 23.5.